The minimum atomic E-state index is -0.553. The average Bonchev–Trinajstić information content (AvgIpc) is 2.05. The first-order chi connectivity index (χ1) is 5.75. The van der Waals surface area contributed by atoms with Crippen molar-refractivity contribution in [2.45, 2.75) is 6.92 Å². The first kappa shape index (κ1) is 8.59. The highest BCUT2D eigenvalue weighted by Crippen LogP contribution is 2.12. The van der Waals surface area contributed by atoms with E-state index in [1.165, 1.54) is 12.1 Å². The normalized spacial score (nSPS) is 9.42. The Hall–Kier alpha value is -1.51. The van der Waals surface area contributed by atoms with Crippen LogP contribution in [-0.2, 0) is 4.74 Å². The number of carbonyl (C=O) groups is 1. The summed E-state index contributed by atoms with van der Waals surface area (Å²) in [6, 6.07) is 6.02. The number of carbonyl (C=O) groups excluding carboxylic acids is 1. The molecule has 0 aliphatic rings. The fourth-order valence-electron chi connectivity index (χ4n) is 0.844. The van der Waals surface area contributed by atoms with E-state index in [1.54, 1.807) is 19.1 Å². The van der Waals surface area contributed by atoms with Gasteiger partial charge in [0.2, 0.25) is 0 Å². The average molecular weight is 165 g/mol. The van der Waals surface area contributed by atoms with Crippen LogP contribution in [0.1, 0.15) is 17.3 Å². The van der Waals surface area contributed by atoms with Gasteiger partial charge in [-0.25, -0.2) is 4.79 Å². The van der Waals surface area contributed by atoms with Gasteiger partial charge in [-0.2, -0.15) is 0 Å². The van der Waals surface area contributed by atoms with E-state index in [-0.39, 0.29) is 17.9 Å². The molecule has 0 radical (unpaired) electrons. The molecule has 0 aromatic heterocycles. The van der Waals surface area contributed by atoms with Gasteiger partial charge in [-0.15, -0.1) is 0 Å². The number of benzene rings is 1. The van der Waals surface area contributed by atoms with Crippen molar-refractivity contribution >= 4 is 5.97 Å². The number of rotatable bonds is 2. The zero-order chi connectivity index (χ0) is 8.97. The van der Waals surface area contributed by atoms with Crippen molar-refractivity contribution < 1.29 is 14.6 Å². The molecule has 0 fully saturated rings. The minimum Gasteiger partial charge on any atom is -0.872 e. The Morgan fingerprint density at radius 1 is 1.50 bits per heavy atom. The van der Waals surface area contributed by atoms with E-state index in [1.807, 2.05) is 0 Å². The van der Waals surface area contributed by atoms with Crippen LogP contribution in [0, 0.1) is 0 Å². The van der Waals surface area contributed by atoms with Crippen molar-refractivity contribution in [2.24, 2.45) is 0 Å². The molecule has 0 saturated carbocycles. The summed E-state index contributed by atoms with van der Waals surface area (Å²) in [4.78, 5) is 11.0. The van der Waals surface area contributed by atoms with Gasteiger partial charge in [0.15, 0.2) is 0 Å². The van der Waals surface area contributed by atoms with E-state index >= 15 is 0 Å². The highest BCUT2D eigenvalue weighted by molar-refractivity contribution is 5.92. The molecule has 0 amide bonds. The van der Waals surface area contributed by atoms with E-state index in [0.29, 0.717) is 0 Å². The lowest BCUT2D eigenvalue weighted by molar-refractivity contribution is -0.268. The van der Waals surface area contributed by atoms with Crippen LogP contribution in [0.3, 0.4) is 0 Å². The Balaban J connectivity index is 2.87. The molecule has 3 nitrogen and oxygen atoms in total. The van der Waals surface area contributed by atoms with Crippen molar-refractivity contribution in [2.75, 3.05) is 6.61 Å². The molecule has 0 N–H and O–H groups in total. The van der Waals surface area contributed by atoms with Gasteiger partial charge >= 0.3 is 5.97 Å². The van der Waals surface area contributed by atoms with Crippen LogP contribution in [0.25, 0.3) is 0 Å². The Morgan fingerprint density at radius 2 is 2.17 bits per heavy atom. The summed E-state index contributed by atoms with van der Waals surface area (Å²) in [6.45, 7) is 1.98. The first-order valence-corrected chi connectivity index (χ1v) is 3.69. The SMILES string of the molecule is CCOC(=O)c1ccccc1[O-]. The van der Waals surface area contributed by atoms with Crippen molar-refractivity contribution in [3.8, 4) is 5.75 Å². The predicted molar refractivity (Wildman–Crippen MR) is 41.8 cm³/mol. The fourth-order valence-corrected chi connectivity index (χ4v) is 0.844. The van der Waals surface area contributed by atoms with E-state index in [2.05, 4.69) is 4.74 Å². The van der Waals surface area contributed by atoms with Crippen molar-refractivity contribution in [1.82, 2.24) is 0 Å². The van der Waals surface area contributed by atoms with Crippen LogP contribution in [0.2, 0.25) is 0 Å². The molecule has 0 spiro atoms. The molecule has 0 unspecified atom stereocenters. The van der Waals surface area contributed by atoms with Gasteiger partial charge in [-0.05, 0) is 13.0 Å². The lowest BCUT2D eigenvalue weighted by Gasteiger charge is -2.10. The van der Waals surface area contributed by atoms with Gasteiger partial charge in [0.1, 0.15) is 0 Å². The molecule has 1 aromatic carbocycles. The van der Waals surface area contributed by atoms with Gasteiger partial charge in [0.05, 0.1) is 12.2 Å². The quantitative estimate of drug-likeness (QED) is 0.612. The number of para-hydroxylation sites is 1. The lowest BCUT2D eigenvalue weighted by atomic mass is 10.2. The molecular formula is C9H9O3-. The van der Waals surface area contributed by atoms with E-state index in [0.717, 1.165) is 0 Å². The molecule has 0 aliphatic heterocycles. The van der Waals surface area contributed by atoms with Gasteiger partial charge in [0, 0.05) is 0 Å². The molecular weight excluding hydrogens is 156 g/mol. The highest BCUT2D eigenvalue weighted by Gasteiger charge is 2.04. The second-order valence-corrected chi connectivity index (χ2v) is 2.22. The first-order valence-electron chi connectivity index (χ1n) is 3.69. The summed E-state index contributed by atoms with van der Waals surface area (Å²) in [6.07, 6.45) is 0. The second kappa shape index (κ2) is 3.76. The van der Waals surface area contributed by atoms with Crippen molar-refractivity contribution in [3.63, 3.8) is 0 Å². The van der Waals surface area contributed by atoms with Crippen molar-refractivity contribution in [1.29, 1.82) is 0 Å². The largest absolute Gasteiger partial charge is 0.872 e. The van der Waals surface area contributed by atoms with Crippen molar-refractivity contribution in [3.05, 3.63) is 29.8 Å². The maximum atomic E-state index is 11.0. The van der Waals surface area contributed by atoms with E-state index in [9.17, 15) is 9.90 Å². The molecule has 0 aliphatic carbocycles. The summed E-state index contributed by atoms with van der Waals surface area (Å²) < 4.78 is 4.67. The minimum absolute atomic E-state index is 0.0966. The highest BCUT2D eigenvalue weighted by atomic mass is 16.5. The zero-order valence-corrected chi connectivity index (χ0v) is 6.74. The van der Waals surface area contributed by atoms with Gasteiger partial charge in [0.25, 0.3) is 0 Å². The van der Waals surface area contributed by atoms with Gasteiger partial charge < -0.3 is 9.84 Å². The molecule has 64 valence electrons. The van der Waals surface area contributed by atoms with Crippen LogP contribution < -0.4 is 5.11 Å². The maximum Gasteiger partial charge on any atom is 0.337 e. The molecule has 0 saturated heterocycles. The number of hydrogen-bond acceptors (Lipinski definition) is 3. The van der Waals surface area contributed by atoms with E-state index < -0.39 is 5.97 Å². The smallest absolute Gasteiger partial charge is 0.337 e. The standard InChI is InChI=1S/C9H10O3/c1-2-12-9(11)7-5-3-4-6-8(7)10/h3-6,10H,2H2,1H3/p-1. The van der Waals surface area contributed by atoms with Gasteiger partial charge in [-0.3, -0.25) is 0 Å². The number of esters is 1. The summed E-state index contributed by atoms with van der Waals surface area (Å²) in [5, 5.41) is 11.0. The van der Waals surface area contributed by atoms with Crippen LogP contribution in [-0.4, -0.2) is 12.6 Å². The maximum absolute atomic E-state index is 11.0. The number of hydrogen-bond donors (Lipinski definition) is 0. The fraction of sp³-hybridized carbons (Fsp3) is 0.222. The topological polar surface area (TPSA) is 49.4 Å². The molecule has 1 aromatic rings. The van der Waals surface area contributed by atoms with Crippen LogP contribution >= 0.6 is 0 Å². The van der Waals surface area contributed by atoms with Crippen LogP contribution in [0.4, 0.5) is 0 Å². The molecule has 12 heavy (non-hydrogen) atoms. The lowest BCUT2D eigenvalue weighted by Crippen LogP contribution is -2.08. The summed E-state index contributed by atoms with van der Waals surface area (Å²) >= 11 is 0. The van der Waals surface area contributed by atoms with E-state index in [4.69, 9.17) is 0 Å². The molecule has 3 heteroatoms. The van der Waals surface area contributed by atoms with Gasteiger partial charge in [-0.1, -0.05) is 23.9 Å². The third-order valence-electron chi connectivity index (χ3n) is 1.38. The van der Waals surface area contributed by atoms with Crippen LogP contribution in [0.15, 0.2) is 24.3 Å². The Morgan fingerprint density at radius 3 is 2.75 bits per heavy atom. The Labute approximate surface area is 70.6 Å². The zero-order valence-electron chi connectivity index (χ0n) is 6.74. The second-order valence-electron chi connectivity index (χ2n) is 2.22. The molecule has 1 rings (SSSR count). The third kappa shape index (κ3) is 1.75. The predicted octanol–water partition coefficient (Wildman–Crippen LogP) is 0.937. The molecule has 0 atom stereocenters. The third-order valence-corrected chi connectivity index (χ3v) is 1.38. The number of ether oxygens (including phenoxy) is 1. The monoisotopic (exact) mass is 165 g/mol. The Bertz CT molecular complexity index is 281. The molecule has 0 heterocycles. The van der Waals surface area contributed by atoms with Crippen LogP contribution in [0.5, 0.6) is 5.75 Å². The molecule has 0 bridgehead atoms. The summed E-state index contributed by atoms with van der Waals surface area (Å²) in [7, 11) is 0. The Kier molecular flexibility index (Phi) is 2.69. The summed E-state index contributed by atoms with van der Waals surface area (Å²) in [5.41, 5.74) is 0.0966. The summed E-state index contributed by atoms with van der Waals surface area (Å²) in [5.74, 6) is -0.848.